The third kappa shape index (κ3) is 1.82. The first-order chi connectivity index (χ1) is 8.34. The van der Waals surface area contributed by atoms with E-state index in [1.54, 1.807) is 6.33 Å². The minimum atomic E-state index is 0.173. The second kappa shape index (κ2) is 4.05. The standard InChI is InChI=1S/C13H13N3O/c17-13-6-5-10-3-1-2-4-12(10)16(13)8-11-7-14-9-15-11/h1-4,7,9H,5-6,8H2,(H,14,15). The average molecular weight is 227 g/mol. The summed E-state index contributed by atoms with van der Waals surface area (Å²) in [5.41, 5.74) is 3.14. The molecule has 0 fully saturated rings. The van der Waals surface area contributed by atoms with Gasteiger partial charge in [-0.15, -0.1) is 0 Å². The molecule has 0 bridgehead atoms. The van der Waals surface area contributed by atoms with Crippen LogP contribution in [0.4, 0.5) is 5.69 Å². The molecule has 4 heteroatoms. The van der Waals surface area contributed by atoms with Gasteiger partial charge in [-0.1, -0.05) is 18.2 Å². The molecule has 1 N–H and O–H groups in total. The molecule has 0 aliphatic carbocycles. The van der Waals surface area contributed by atoms with E-state index in [2.05, 4.69) is 16.0 Å². The number of hydrogen-bond donors (Lipinski definition) is 1. The third-order valence-electron chi connectivity index (χ3n) is 3.07. The van der Waals surface area contributed by atoms with Gasteiger partial charge in [0.25, 0.3) is 0 Å². The highest BCUT2D eigenvalue weighted by molar-refractivity contribution is 5.96. The predicted octanol–water partition coefficient (Wildman–Crippen LogP) is 1.89. The van der Waals surface area contributed by atoms with Crippen molar-refractivity contribution in [1.29, 1.82) is 0 Å². The molecular weight excluding hydrogens is 214 g/mol. The number of nitrogens with zero attached hydrogens (tertiary/aromatic N) is 2. The SMILES string of the molecule is O=C1CCc2ccccc2N1Cc1c[nH]cn1. The largest absolute Gasteiger partial charge is 0.351 e. The molecule has 0 atom stereocenters. The highest BCUT2D eigenvalue weighted by atomic mass is 16.2. The number of imidazole rings is 1. The first kappa shape index (κ1) is 10.1. The van der Waals surface area contributed by atoms with Crippen LogP contribution < -0.4 is 4.90 Å². The predicted molar refractivity (Wildman–Crippen MR) is 64.5 cm³/mol. The van der Waals surface area contributed by atoms with Crippen LogP contribution in [0.15, 0.2) is 36.8 Å². The van der Waals surface area contributed by atoms with Crippen LogP contribution in [-0.4, -0.2) is 15.9 Å². The maximum absolute atomic E-state index is 12.0. The number of carbonyl (C=O) groups is 1. The number of carbonyl (C=O) groups excluding carboxylic acids is 1. The number of amides is 1. The Morgan fingerprint density at radius 3 is 3.00 bits per heavy atom. The third-order valence-corrected chi connectivity index (χ3v) is 3.07. The van der Waals surface area contributed by atoms with Crippen molar-refractivity contribution in [1.82, 2.24) is 9.97 Å². The number of aromatic amines is 1. The Hall–Kier alpha value is -2.10. The van der Waals surface area contributed by atoms with Crippen molar-refractivity contribution in [2.45, 2.75) is 19.4 Å². The summed E-state index contributed by atoms with van der Waals surface area (Å²) in [6, 6.07) is 8.06. The van der Waals surface area contributed by atoms with E-state index >= 15 is 0 Å². The van der Waals surface area contributed by atoms with Crippen molar-refractivity contribution in [3.8, 4) is 0 Å². The van der Waals surface area contributed by atoms with Gasteiger partial charge in [-0.2, -0.15) is 0 Å². The molecule has 1 aromatic heterocycles. The Labute approximate surface area is 99.3 Å². The van der Waals surface area contributed by atoms with E-state index in [1.807, 2.05) is 29.3 Å². The van der Waals surface area contributed by atoms with E-state index in [1.165, 1.54) is 5.56 Å². The summed E-state index contributed by atoms with van der Waals surface area (Å²) >= 11 is 0. The fraction of sp³-hybridized carbons (Fsp3) is 0.231. The fourth-order valence-corrected chi connectivity index (χ4v) is 2.21. The Morgan fingerprint density at radius 2 is 2.18 bits per heavy atom. The van der Waals surface area contributed by atoms with Crippen molar-refractivity contribution >= 4 is 11.6 Å². The molecule has 0 radical (unpaired) electrons. The summed E-state index contributed by atoms with van der Waals surface area (Å²) in [5, 5.41) is 0. The number of aryl methyl sites for hydroxylation is 1. The molecule has 1 amide bonds. The zero-order chi connectivity index (χ0) is 11.7. The van der Waals surface area contributed by atoms with Crippen molar-refractivity contribution in [3.05, 3.63) is 48.0 Å². The van der Waals surface area contributed by atoms with Gasteiger partial charge in [-0.25, -0.2) is 4.98 Å². The quantitative estimate of drug-likeness (QED) is 0.851. The van der Waals surface area contributed by atoms with Crippen LogP contribution in [-0.2, 0) is 17.8 Å². The summed E-state index contributed by atoms with van der Waals surface area (Å²) in [6.07, 6.45) is 4.88. The molecule has 0 spiro atoms. The van der Waals surface area contributed by atoms with Crippen LogP contribution in [0.2, 0.25) is 0 Å². The van der Waals surface area contributed by atoms with E-state index in [0.717, 1.165) is 17.8 Å². The van der Waals surface area contributed by atoms with Crippen LogP contribution in [0.25, 0.3) is 0 Å². The number of aromatic nitrogens is 2. The first-order valence-electron chi connectivity index (χ1n) is 5.70. The molecule has 86 valence electrons. The van der Waals surface area contributed by atoms with E-state index in [9.17, 15) is 4.79 Å². The lowest BCUT2D eigenvalue weighted by Crippen LogP contribution is -2.34. The Kier molecular flexibility index (Phi) is 2.40. The van der Waals surface area contributed by atoms with Gasteiger partial charge in [-0.3, -0.25) is 4.79 Å². The van der Waals surface area contributed by atoms with E-state index in [0.29, 0.717) is 13.0 Å². The van der Waals surface area contributed by atoms with E-state index in [4.69, 9.17) is 0 Å². The van der Waals surface area contributed by atoms with Crippen molar-refractivity contribution in [3.63, 3.8) is 0 Å². The van der Waals surface area contributed by atoms with Gasteiger partial charge in [-0.05, 0) is 18.1 Å². The second-order valence-electron chi connectivity index (χ2n) is 4.17. The molecule has 0 saturated heterocycles. The number of nitrogens with one attached hydrogen (secondary N) is 1. The van der Waals surface area contributed by atoms with Crippen LogP contribution >= 0.6 is 0 Å². The molecule has 1 aliphatic heterocycles. The van der Waals surface area contributed by atoms with Crippen LogP contribution in [0.1, 0.15) is 17.7 Å². The lowest BCUT2D eigenvalue weighted by Gasteiger charge is -2.28. The Balaban J connectivity index is 1.95. The van der Waals surface area contributed by atoms with Gasteiger partial charge in [0.2, 0.25) is 5.91 Å². The van der Waals surface area contributed by atoms with Crippen molar-refractivity contribution in [2.24, 2.45) is 0 Å². The molecular formula is C13H13N3O. The lowest BCUT2D eigenvalue weighted by atomic mass is 10.0. The topological polar surface area (TPSA) is 49.0 Å². The number of hydrogen-bond acceptors (Lipinski definition) is 2. The monoisotopic (exact) mass is 227 g/mol. The molecule has 0 unspecified atom stereocenters. The van der Waals surface area contributed by atoms with Gasteiger partial charge in [0.1, 0.15) is 0 Å². The number of anilines is 1. The van der Waals surface area contributed by atoms with Crippen molar-refractivity contribution < 1.29 is 4.79 Å². The smallest absolute Gasteiger partial charge is 0.227 e. The molecule has 2 heterocycles. The zero-order valence-electron chi connectivity index (χ0n) is 9.39. The molecule has 1 aliphatic rings. The summed E-state index contributed by atoms with van der Waals surface area (Å²) in [7, 11) is 0. The van der Waals surface area contributed by atoms with E-state index < -0.39 is 0 Å². The normalized spacial score (nSPS) is 14.8. The zero-order valence-corrected chi connectivity index (χ0v) is 9.39. The van der Waals surface area contributed by atoms with Gasteiger partial charge in [0.15, 0.2) is 0 Å². The molecule has 4 nitrogen and oxygen atoms in total. The van der Waals surface area contributed by atoms with Crippen LogP contribution in [0.3, 0.4) is 0 Å². The number of fused-ring (bicyclic) bond motifs is 1. The minimum Gasteiger partial charge on any atom is -0.351 e. The van der Waals surface area contributed by atoms with Crippen LogP contribution in [0, 0.1) is 0 Å². The highest BCUT2D eigenvalue weighted by Crippen LogP contribution is 2.28. The first-order valence-corrected chi connectivity index (χ1v) is 5.70. The van der Waals surface area contributed by atoms with Gasteiger partial charge >= 0.3 is 0 Å². The summed E-state index contributed by atoms with van der Waals surface area (Å²) in [4.78, 5) is 20.9. The van der Waals surface area contributed by atoms with Crippen molar-refractivity contribution in [2.75, 3.05) is 4.90 Å². The summed E-state index contributed by atoms with van der Waals surface area (Å²) < 4.78 is 0. The summed E-state index contributed by atoms with van der Waals surface area (Å²) in [6.45, 7) is 0.541. The second-order valence-corrected chi connectivity index (χ2v) is 4.17. The maximum Gasteiger partial charge on any atom is 0.227 e. The molecule has 0 saturated carbocycles. The molecule has 3 rings (SSSR count). The lowest BCUT2D eigenvalue weighted by molar-refractivity contribution is -0.119. The Bertz CT molecular complexity index is 533. The average Bonchev–Trinajstić information content (AvgIpc) is 2.86. The van der Waals surface area contributed by atoms with Gasteiger partial charge < -0.3 is 9.88 Å². The molecule has 2 aromatic rings. The maximum atomic E-state index is 12.0. The van der Waals surface area contributed by atoms with Gasteiger partial charge in [0.05, 0.1) is 18.6 Å². The van der Waals surface area contributed by atoms with E-state index in [-0.39, 0.29) is 5.91 Å². The van der Waals surface area contributed by atoms with Crippen LogP contribution in [0.5, 0.6) is 0 Å². The number of rotatable bonds is 2. The summed E-state index contributed by atoms with van der Waals surface area (Å²) in [5.74, 6) is 0.173. The molecule has 1 aromatic carbocycles. The number of H-pyrrole nitrogens is 1. The number of para-hydroxylation sites is 1. The minimum absolute atomic E-state index is 0.173. The molecule has 17 heavy (non-hydrogen) atoms. The Morgan fingerprint density at radius 1 is 1.29 bits per heavy atom. The van der Waals surface area contributed by atoms with Gasteiger partial charge in [0, 0.05) is 18.3 Å². The fourth-order valence-electron chi connectivity index (χ4n) is 2.21. The number of benzene rings is 1. The highest BCUT2D eigenvalue weighted by Gasteiger charge is 2.23.